The van der Waals surface area contributed by atoms with Gasteiger partial charge >= 0.3 is 0 Å². The molecule has 4 nitrogen and oxygen atoms in total. The molecule has 0 amide bonds. The molecule has 1 heterocycles. The SMILES string of the molecule is CCC1(CC)N=NC(S(=O)(=O)CCC=C(F)F)S1. The molecule has 1 atom stereocenters. The van der Waals surface area contributed by atoms with Gasteiger partial charge in [-0.25, -0.2) is 8.42 Å². The van der Waals surface area contributed by atoms with Crippen molar-refractivity contribution in [1.82, 2.24) is 0 Å². The fraction of sp³-hybridized carbons (Fsp3) is 0.800. The highest BCUT2D eigenvalue weighted by atomic mass is 32.3. The molecule has 0 aromatic rings. The lowest BCUT2D eigenvalue weighted by molar-refractivity contribution is 0.418. The molecular weight excluding hydrogens is 282 g/mol. The van der Waals surface area contributed by atoms with E-state index in [1.54, 1.807) is 0 Å². The Morgan fingerprint density at radius 1 is 1.39 bits per heavy atom. The van der Waals surface area contributed by atoms with Gasteiger partial charge in [0.25, 0.3) is 6.08 Å². The number of sulfone groups is 1. The lowest BCUT2D eigenvalue weighted by atomic mass is 10.2. The Kier molecular flexibility index (Phi) is 5.27. The van der Waals surface area contributed by atoms with Crippen molar-refractivity contribution < 1.29 is 17.2 Å². The van der Waals surface area contributed by atoms with Crippen LogP contribution in [0.25, 0.3) is 0 Å². The highest BCUT2D eigenvalue weighted by molar-refractivity contribution is 8.14. The maximum atomic E-state index is 11.9. The number of hydrogen-bond donors (Lipinski definition) is 0. The molecule has 104 valence electrons. The van der Waals surface area contributed by atoms with Crippen LogP contribution in [0.2, 0.25) is 0 Å². The van der Waals surface area contributed by atoms with Gasteiger partial charge in [0, 0.05) is 0 Å². The van der Waals surface area contributed by atoms with Crippen molar-refractivity contribution in [1.29, 1.82) is 0 Å². The third kappa shape index (κ3) is 3.74. The first-order valence-electron chi connectivity index (χ1n) is 5.68. The third-order valence-electron chi connectivity index (χ3n) is 2.77. The van der Waals surface area contributed by atoms with E-state index in [0.717, 1.165) is 0 Å². The Morgan fingerprint density at radius 3 is 2.44 bits per heavy atom. The van der Waals surface area contributed by atoms with Crippen molar-refractivity contribution in [2.24, 2.45) is 10.2 Å². The maximum absolute atomic E-state index is 11.9. The van der Waals surface area contributed by atoms with Crippen LogP contribution in [-0.2, 0) is 9.84 Å². The molecule has 0 radical (unpaired) electrons. The van der Waals surface area contributed by atoms with Gasteiger partial charge < -0.3 is 0 Å². The average molecular weight is 298 g/mol. The Balaban J connectivity index is 2.67. The van der Waals surface area contributed by atoms with Gasteiger partial charge in [-0.2, -0.15) is 19.0 Å². The van der Waals surface area contributed by atoms with Gasteiger partial charge in [0.05, 0.1) is 5.75 Å². The van der Waals surface area contributed by atoms with Crippen LogP contribution in [0.1, 0.15) is 33.1 Å². The van der Waals surface area contributed by atoms with E-state index in [4.69, 9.17) is 0 Å². The Bertz CT molecular complexity index is 441. The van der Waals surface area contributed by atoms with Gasteiger partial charge in [-0.05, 0) is 25.3 Å². The first-order chi connectivity index (χ1) is 8.35. The molecule has 1 rings (SSSR count). The van der Waals surface area contributed by atoms with Crippen molar-refractivity contribution in [2.75, 3.05) is 5.75 Å². The highest BCUT2D eigenvalue weighted by Crippen LogP contribution is 2.45. The standard InChI is InChI=1S/C10H16F2N2O2S2/c1-3-10(4-2)14-13-9(17-10)18(15,16)7-5-6-8(11)12/h6,9H,3-5,7H2,1-2H3. The Hall–Kier alpha value is -0.500. The summed E-state index contributed by atoms with van der Waals surface area (Å²) < 4.78 is 46.5. The van der Waals surface area contributed by atoms with Crippen LogP contribution < -0.4 is 0 Å². The fourth-order valence-electron chi connectivity index (χ4n) is 1.52. The van der Waals surface area contributed by atoms with Crippen LogP contribution in [0.4, 0.5) is 8.78 Å². The topological polar surface area (TPSA) is 58.9 Å². The zero-order chi connectivity index (χ0) is 13.8. The smallest absolute Gasteiger partial charge is 0.226 e. The van der Waals surface area contributed by atoms with Crippen molar-refractivity contribution in [3.8, 4) is 0 Å². The summed E-state index contributed by atoms with van der Waals surface area (Å²) in [5, 5.41) is 7.83. The van der Waals surface area contributed by atoms with E-state index in [2.05, 4.69) is 10.2 Å². The van der Waals surface area contributed by atoms with E-state index in [1.165, 1.54) is 11.8 Å². The van der Waals surface area contributed by atoms with Crippen LogP contribution in [0.3, 0.4) is 0 Å². The zero-order valence-corrected chi connectivity index (χ0v) is 11.9. The quantitative estimate of drug-likeness (QED) is 0.753. The summed E-state index contributed by atoms with van der Waals surface area (Å²) in [4.78, 5) is -0.473. The average Bonchev–Trinajstić information content (AvgIpc) is 2.74. The monoisotopic (exact) mass is 298 g/mol. The molecule has 1 aliphatic rings. The van der Waals surface area contributed by atoms with Gasteiger partial charge in [0.1, 0.15) is 4.87 Å². The second kappa shape index (κ2) is 6.10. The molecule has 0 N–H and O–H groups in total. The molecule has 0 fully saturated rings. The van der Waals surface area contributed by atoms with E-state index in [0.29, 0.717) is 18.9 Å². The molecule has 1 unspecified atom stereocenters. The summed E-state index contributed by atoms with van der Waals surface area (Å²) in [5.41, 5.74) is 0. The van der Waals surface area contributed by atoms with Crippen LogP contribution in [0.5, 0.6) is 0 Å². The van der Waals surface area contributed by atoms with Gasteiger partial charge in [-0.15, -0.1) is 0 Å². The molecule has 0 bridgehead atoms. The summed E-state index contributed by atoms with van der Waals surface area (Å²) in [6.45, 7) is 3.84. The van der Waals surface area contributed by atoms with Gasteiger partial charge in [-0.3, -0.25) is 0 Å². The number of allylic oxidation sites excluding steroid dienone is 1. The summed E-state index contributed by atoms with van der Waals surface area (Å²) >= 11 is 1.19. The van der Waals surface area contributed by atoms with Gasteiger partial charge in [-0.1, -0.05) is 25.6 Å². The van der Waals surface area contributed by atoms with E-state index < -0.39 is 25.5 Å². The normalized spacial score (nSPS) is 22.1. The van der Waals surface area contributed by atoms with E-state index >= 15 is 0 Å². The molecule has 0 aliphatic carbocycles. The largest absolute Gasteiger partial charge is 0.266 e. The van der Waals surface area contributed by atoms with Crippen LogP contribution in [0.15, 0.2) is 22.4 Å². The van der Waals surface area contributed by atoms with Crippen LogP contribution >= 0.6 is 11.8 Å². The van der Waals surface area contributed by atoms with Crippen molar-refractivity contribution in [2.45, 2.75) is 42.7 Å². The predicted octanol–water partition coefficient (Wildman–Crippen LogP) is 3.57. The molecule has 0 saturated carbocycles. The molecule has 0 aromatic heterocycles. The molecular formula is C10H16F2N2O2S2. The molecule has 0 aromatic carbocycles. The summed E-state index contributed by atoms with van der Waals surface area (Å²) in [6, 6.07) is 0. The summed E-state index contributed by atoms with van der Waals surface area (Å²) in [7, 11) is -3.52. The molecule has 0 spiro atoms. The van der Waals surface area contributed by atoms with E-state index in [-0.39, 0.29) is 12.2 Å². The number of azo groups is 1. The van der Waals surface area contributed by atoms with Gasteiger partial charge in [0.2, 0.25) is 4.71 Å². The molecule has 8 heteroatoms. The minimum absolute atomic E-state index is 0.192. The van der Waals surface area contributed by atoms with Gasteiger partial charge in [0.15, 0.2) is 9.84 Å². The summed E-state index contributed by atoms with van der Waals surface area (Å²) in [6.07, 6.45) is -0.0443. The minimum Gasteiger partial charge on any atom is -0.226 e. The second-order valence-electron chi connectivity index (χ2n) is 3.94. The fourth-order valence-corrected chi connectivity index (χ4v) is 4.67. The predicted molar refractivity (Wildman–Crippen MR) is 68.3 cm³/mol. The number of rotatable bonds is 6. The molecule has 0 saturated heterocycles. The maximum Gasteiger partial charge on any atom is 0.266 e. The Labute approximate surface area is 110 Å². The molecule has 18 heavy (non-hydrogen) atoms. The lowest BCUT2D eigenvalue weighted by Crippen LogP contribution is -2.22. The van der Waals surface area contributed by atoms with Crippen molar-refractivity contribution in [3.63, 3.8) is 0 Å². The first kappa shape index (κ1) is 15.6. The number of hydrogen-bond acceptors (Lipinski definition) is 5. The number of halogens is 2. The van der Waals surface area contributed by atoms with Crippen molar-refractivity contribution in [3.05, 3.63) is 12.2 Å². The highest BCUT2D eigenvalue weighted by Gasteiger charge is 2.41. The van der Waals surface area contributed by atoms with Crippen LogP contribution in [-0.4, -0.2) is 23.7 Å². The lowest BCUT2D eigenvalue weighted by Gasteiger charge is -2.20. The van der Waals surface area contributed by atoms with Crippen LogP contribution in [0, 0.1) is 0 Å². The zero-order valence-electron chi connectivity index (χ0n) is 10.3. The van der Waals surface area contributed by atoms with Crippen molar-refractivity contribution >= 4 is 21.6 Å². The molecule has 1 aliphatic heterocycles. The summed E-state index contributed by atoms with van der Waals surface area (Å²) in [5.74, 6) is -0.329. The third-order valence-corrected chi connectivity index (χ3v) is 6.84. The van der Waals surface area contributed by atoms with E-state index in [9.17, 15) is 17.2 Å². The second-order valence-corrected chi connectivity index (χ2v) is 7.86. The first-order valence-corrected chi connectivity index (χ1v) is 8.27. The number of nitrogens with zero attached hydrogens (tertiary/aromatic N) is 2. The Morgan fingerprint density at radius 2 is 2.00 bits per heavy atom. The van der Waals surface area contributed by atoms with E-state index in [1.807, 2.05) is 13.8 Å². The number of thioether (sulfide) groups is 1. The minimum atomic E-state index is -3.52.